The minimum absolute atomic E-state index is 0. The molecule has 1 saturated heterocycles. The molecule has 0 spiro atoms. The third-order valence-electron chi connectivity index (χ3n) is 4.79. The number of carbonyl (C=O) groups excluding carboxylic acids is 1. The van der Waals surface area contributed by atoms with Crippen LogP contribution in [0.25, 0.3) is 6.08 Å². The number of benzene rings is 1. The minimum Gasteiger partial charge on any atom is -0.497 e. The zero-order valence-electron chi connectivity index (χ0n) is 14.9. The van der Waals surface area contributed by atoms with Crippen LogP contribution in [0.4, 0.5) is 0 Å². The molecule has 3 rings (SSSR count). The molecular formula is C19H27ClN2O3. The summed E-state index contributed by atoms with van der Waals surface area (Å²) < 4.78 is 11.0. The van der Waals surface area contributed by atoms with Crippen molar-refractivity contribution in [3.05, 3.63) is 29.3 Å². The topological polar surface area (TPSA) is 50.8 Å². The highest BCUT2D eigenvalue weighted by atomic mass is 35.5. The van der Waals surface area contributed by atoms with Crippen LogP contribution in [-0.4, -0.2) is 50.7 Å². The van der Waals surface area contributed by atoms with Gasteiger partial charge < -0.3 is 19.7 Å². The van der Waals surface area contributed by atoms with Gasteiger partial charge in [0.25, 0.3) is 5.91 Å². The first-order valence-electron chi connectivity index (χ1n) is 8.72. The number of rotatable bonds is 5. The van der Waals surface area contributed by atoms with Gasteiger partial charge in [-0.25, -0.2) is 0 Å². The van der Waals surface area contributed by atoms with Gasteiger partial charge in [-0.05, 0) is 56.1 Å². The summed E-state index contributed by atoms with van der Waals surface area (Å²) in [5.41, 5.74) is 1.63. The van der Waals surface area contributed by atoms with Gasteiger partial charge in [-0.2, -0.15) is 0 Å². The van der Waals surface area contributed by atoms with Crippen LogP contribution in [0.3, 0.4) is 0 Å². The van der Waals surface area contributed by atoms with Crippen molar-refractivity contribution in [3.8, 4) is 11.5 Å². The minimum atomic E-state index is 0. The van der Waals surface area contributed by atoms with Gasteiger partial charge in [0.2, 0.25) is 0 Å². The van der Waals surface area contributed by atoms with Gasteiger partial charge in [0.05, 0.1) is 12.7 Å². The number of nitrogens with zero attached hydrogens (tertiary/aromatic N) is 1. The summed E-state index contributed by atoms with van der Waals surface area (Å²) in [4.78, 5) is 14.7. The number of hydrogen-bond acceptors (Lipinski definition) is 4. The Kier molecular flexibility index (Phi) is 7.14. The van der Waals surface area contributed by atoms with Crippen LogP contribution in [0.5, 0.6) is 11.5 Å². The number of fused-ring (bicyclic) bond motifs is 1. The lowest BCUT2D eigenvalue weighted by molar-refractivity contribution is -0.128. The van der Waals surface area contributed by atoms with Gasteiger partial charge in [0.1, 0.15) is 18.1 Å². The highest BCUT2D eigenvalue weighted by Gasteiger charge is 2.26. The predicted octanol–water partition coefficient (Wildman–Crippen LogP) is 2.74. The van der Waals surface area contributed by atoms with Gasteiger partial charge >= 0.3 is 0 Å². The molecule has 0 saturated carbocycles. The molecule has 0 aliphatic carbocycles. The Morgan fingerprint density at radius 3 is 2.80 bits per heavy atom. The molecule has 1 amide bonds. The van der Waals surface area contributed by atoms with E-state index in [0.29, 0.717) is 12.5 Å². The lowest BCUT2D eigenvalue weighted by atomic mass is 9.96. The molecule has 1 aromatic rings. The van der Waals surface area contributed by atoms with E-state index in [-0.39, 0.29) is 18.3 Å². The average Bonchev–Trinajstić information content (AvgIpc) is 2.65. The van der Waals surface area contributed by atoms with E-state index >= 15 is 0 Å². The molecule has 0 radical (unpaired) electrons. The quantitative estimate of drug-likeness (QED) is 0.870. The van der Waals surface area contributed by atoms with Gasteiger partial charge in [-0.15, -0.1) is 12.4 Å². The third kappa shape index (κ3) is 4.67. The lowest BCUT2D eigenvalue weighted by Gasteiger charge is -2.33. The molecule has 2 heterocycles. The van der Waals surface area contributed by atoms with Crippen molar-refractivity contribution in [2.45, 2.75) is 19.8 Å². The van der Waals surface area contributed by atoms with Crippen molar-refractivity contribution in [1.29, 1.82) is 0 Å². The number of methoxy groups -OCH3 is 1. The molecule has 25 heavy (non-hydrogen) atoms. The third-order valence-corrected chi connectivity index (χ3v) is 4.79. The summed E-state index contributed by atoms with van der Waals surface area (Å²) >= 11 is 0. The van der Waals surface area contributed by atoms with Crippen LogP contribution in [0.15, 0.2) is 23.8 Å². The Balaban J connectivity index is 0.00000225. The molecule has 2 aliphatic heterocycles. The number of halogens is 1. The maximum absolute atomic E-state index is 12.8. The highest BCUT2D eigenvalue weighted by molar-refractivity contribution is 5.99. The molecule has 5 nitrogen and oxygen atoms in total. The smallest absolute Gasteiger partial charge is 0.253 e. The average molecular weight is 367 g/mol. The van der Waals surface area contributed by atoms with Gasteiger partial charge in [-0.3, -0.25) is 4.79 Å². The van der Waals surface area contributed by atoms with Crippen LogP contribution >= 0.6 is 12.4 Å². The second-order valence-corrected chi connectivity index (χ2v) is 6.41. The summed E-state index contributed by atoms with van der Waals surface area (Å²) in [7, 11) is 1.64. The van der Waals surface area contributed by atoms with E-state index in [1.807, 2.05) is 29.2 Å². The molecule has 0 aromatic heterocycles. The Morgan fingerprint density at radius 1 is 1.36 bits per heavy atom. The summed E-state index contributed by atoms with van der Waals surface area (Å²) in [6, 6.07) is 5.66. The predicted molar refractivity (Wildman–Crippen MR) is 102 cm³/mol. The molecule has 1 fully saturated rings. The van der Waals surface area contributed by atoms with Crippen LogP contribution < -0.4 is 14.8 Å². The van der Waals surface area contributed by atoms with Crippen molar-refractivity contribution in [2.75, 3.05) is 39.9 Å². The van der Waals surface area contributed by atoms with E-state index in [4.69, 9.17) is 9.47 Å². The van der Waals surface area contributed by atoms with E-state index in [0.717, 1.165) is 61.7 Å². The van der Waals surface area contributed by atoms with Crippen LogP contribution in [0, 0.1) is 5.92 Å². The molecule has 0 atom stereocenters. The van der Waals surface area contributed by atoms with Crippen LogP contribution in [0.2, 0.25) is 0 Å². The van der Waals surface area contributed by atoms with Gasteiger partial charge in [0, 0.05) is 18.7 Å². The number of amides is 1. The van der Waals surface area contributed by atoms with E-state index in [9.17, 15) is 4.79 Å². The van der Waals surface area contributed by atoms with Crippen molar-refractivity contribution in [1.82, 2.24) is 10.2 Å². The zero-order valence-corrected chi connectivity index (χ0v) is 15.7. The summed E-state index contributed by atoms with van der Waals surface area (Å²) in [6.45, 7) is 6.19. The van der Waals surface area contributed by atoms with E-state index in [2.05, 4.69) is 12.2 Å². The zero-order chi connectivity index (χ0) is 16.9. The number of ether oxygens (including phenoxy) is 2. The number of likely N-dealkylation sites (tertiary alicyclic amines) is 1. The number of hydrogen-bond donors (Lipinski definition) is 1. The van der Waals surface area contributed by atoms with E-state index in [1.54, 1.807) is 7.11 Å². The van der Waals surface area contributed by atoms with Crippen molar-refractivity contribution < 1.29 is 14.3 Å². The Bertz CT molecular complexity index is 625. The van der Waals surface area contributed by atoms with Crippen LogP contribution in [0.1, 0.15) is 25.3 Å². The van der Waals surface area contributed by atoms with E-state index < -0.39 is 0 Å². The molecule has 1 N–H and O–H groups in total. The first-order valence-corrected chi connectivity index (χ1v) is 8.72. The first kappa shape index (κ1) is 19.6. The SMILES string of the molecule is CCNCC1CCN(C(=O)C2=Cc3cc(OC)ccc3OC2)CC1.Cl. The molecule has 0 bridgehead atoms. The molecule has 0 unspecified atom stereocenters. The van der Waals surface area contributed by atoms with Crippen molar-refractivity contribution in [2.24, 2.45) is 5.92 Å². The fraction of sp³-hybridized carbons (Fsp3) is 0.526. The first-order chi connectivity index (χ1) is 11.7. The second-order valence-electron chi connectivity index (χ2n) is 6.41. The summed E-state index contributed by atoms with van der Waals surface area (Å²) in [5.74, 6) is 2.35. The van der Waals surface area contributed by atoms with Crippen molar-refractivity contribution in [3.63, 3.8) is 0 Å². The molecule has 2 aliphatic rings. The Labute approximate surface area is 155 Å². The molecular weight excluding hydrogens is 340 g/mol. The molecule has 6 heteroatoms. The number of nitrogens with one attached hydrogen (secondary N) is 1. The highest BCUT2D eigenvalue weighted by Crippen LogP contribution is 2.31. The molecule has 1 aromatic carbocycles. The van der Waals surface area contributed by atoms with Crippen molar-refractivity contribution >= 4 is 24.4 Å². The number of carbonyl (C=O) groups is 1. The number of piperidine rings is 1. The molecule has 138 valence electrons. The lowest BCUT2D eigenvalue weighted by Crippen LogP contribution is -2.42. The maximum Gasteiger partial charge on any atom is 0.253 e. The Morgan fingerprint density at radius 2 is 2.12 bits per heavy atom. The monoisotopic (exact) mass is 366 g/mol. The van der Waals surface area contributed by atoms with Gasteiger partial charge in [0.15, 0.2) is 0 Å². The summed E-state index contributed by atoms with van der Waals surface area (Å²) in [5, 5.41) is 3.40. The second kappa shape index (κ2) is 9.11. The maximum atomic E-state index is 12.8. The standard InChI is InChI=1S/C19H26N2O3.ClH/c1-3-20-12-14-6-8-21(9-7-14)19(22)16-10-15-11-17(23-2)4-5-18(15)24-13-16;/h4-5,10-11,14,20H,3,6-9,12-13H2,1-2H3;1H. The summed E-state index contributed by atoms with van der Waals surface area (Å²) in [6.07, 6.45) is 4.07. The normalized spacial score (nSPS) is 17.0. The fourth-order valence-electron chi connectivity index (χ4n) is 3.30. The van der Waals surface area contributed by atoms with E-state index in [1.165, 1.54) is 0 Å². The fourth-order valence-corrected chi connectivity index (χ4v) is 3.30. The largest absolute Gasteiger partial charge is 0.497 e. The Hall–Kier alpha value is -1.72. The van der Waals surface area contributed by atoms with Crippen LogP contribution in [-0.2, 0) is 4.79 Å². The van der Waals surface area contributed by atoms with Gasteiger partial charge in [-0.1, -0.05) is 6.92 Å².